The minimum absolute atomic E-state index is 0. The Bertz CT molecular complexity index is 246. The van der Waals surface area contributed by atoms with E-state index in [1.807, 2.05) is 0 Å². The van der Waals surface area contributed by atoms with Gasteiger partial charge < -0.3 is 15.9 Å². The molecule has 3 nitrogen and oxygen atoms in total. The summed E-state index contributed by atoms with van der Waals surface area (Å²) in [6.07, 6.45) is 21.2. The number of hydrogen-bond donors (Lipinski definition) is 3. The van der Waals surface area contributed by atoms with Crippen LogP contribution in [-0.4, -0.2) is 29.0 Å². The Kier molecular flexibility index (Phi) is 22.4. The third-order valence-electron chi connectivity index (χ3n) is 5.25. The molecule has 0 spiro atoms. The van der Waals surface area contributed by atoms with Crippen LogP contribution in [-0.2, 0) is 0 Å². The molecule has 0 atom stereocenters. The van der Waals surface area contributed by atoms with Gasteiger partial charge in [-0.1, -0.05) is 96.8 Å². The van der Waals surface area contributed by atoms with Crippen molar-refractivity contribution in [3.05, 3.63) is 0 Å². The van der Waals surface area contributed by atoms with Crippen LogP contribution in [0.5, 0.6) is 0 Å². The fraction of sp³-hybridized carbons (Fsp3) is 1.00. The van der Waals surface area contributed by atoms with E-state index in [0.29, 0.717) is 12.8 Å². The number of nitrogens with two attached hydrogens (primary N) is 1. The van der Waals surface area contributed by atoms with Gasteiger partial charge in [-0.25, -0.2) is 0 Å². The number of halogens is 1. The number of aliphatic hydroxyl groups is 2. The average molecular weight is 380 g/mol. The lowest BCUT2D eigenvalue weighted by atomic mass is 9.87. The summed E-state index contributed by atoms with van der Waals surface area (Å²) in [7, 11) is 0. The average Bonchev–Trinajstić information content (AvgIpc) is 2.55. The standard InChI is InChI=1S/C21H45NO2.ClH/c1-2-3-4-5-6-7-8-9-10-11-12-13-14-15-16-21(22,17-19-23)18-20-24;/h23-24H,2-20,22H2,1H3;1H. The van der Waals surface area contributed by atoms with Crippen molar-refractivity contribution in [1.29, 1.82) is 0 Å². The van der Waals surface area contributed by atoms with E-state index in [4.69, 9.17) is 15.9 Å². The van der Waals surface area contributed by atoms with Gasteiger partial charge in [0.2, 0.25) is 0 Å². The van der Waals surface area contributed by atoms with Crippen molar-refractivity contribution in [2.24, 2.45) is 5.73 Å². The summed E-state index contributed by atoms with van der Waals surface area (Å²) in [5, 5.41) is 18.2. The first kappa shape index (κ1) is 27.4. The monoisotopic (exact) mass is 379 g/mol. The molecule has 0 aliphatic carbocycles. The van der Waals surface area contributed by atoms with E-state index in [-0.39, 0.29) is 31.2 Å². The van der Waals surface area contributed by atoms with Crippen molar-refractivity contribution in [1.82, 2.24) is 0 Å². The number of hydrogen-bond acceptors (Lipinski definition) is 3. The van der Waals surface area contributed by atoms with Crippen LogP contribution in [0.15, 0.2) is 0 Å². The second-order valence-corrected chi connectivity index (χ2v) is 7.66. The lowest BCUT2D eigenvalue weighted by molar-refractivity contribution is 0.183. The van der Waals surface area contributed by atoms with E-state index in [2.05, 4.69) is 6.92 Å². The molecule has 0 aromatic heterocycles. The molecule has 4 heteroatoms. The summed E-state index contributed by atoms with van der Waals surface area (Å²) in [5.41, 5.74) is 5.89. The number of aliphatic hydroxyl groups excluding tert-OH is 2. The summed E-state index contributed by atoms with van der Waals surface area (Å²) < 4.78 is 0. The minimum atomic E-state index is -0.360. The summed E-state index contributed by atoms with van der Waals surface area (Å²) in [6.45, 7) is 2.51. The Labute approximate surface area is 163 Å². The van der Waals surface area contributed by atoms with Crippen LogP contribution in [0.1, 0.15) is 116 Å². The van der Waals surface area contributed by atoms with Gasteiger partial charge in [-0.3, -0.25) is 0 Å². The van der Waals surface area contributed by atoms with Crippen molar-refractivity contribution in [2.75, 3.05) is 13.2 Å². The Morgan fingerprint density at radius 3 is 1.20 bits per heavy atom. The number of rotatable bonds is 19. The molecule has 0 fully saturated rings. The lowest BCUT2D eigenvalue weighted by Gasteiger charge is -2.28. The topological polar surface area (TPSA) is 66.5 Å². The molecule has 0 bridgehead atoms. The van der Waals surface area contributed by atoms with Crippen LogP contribution in [0.25, 0.3) is 0 Å². The van der Waals surface area contributed by atoms with Crippen LogP contribution in [0.4, 0.5) is 0 Å². The second-order valence-electron chi connectivity index (χ2n) is 7.66. The van der Waals surface area contributed by atoms with Gasteiger partial charge in [-0.05, 0) is 19.3 Å². The van der Waals surface area contributed by atoms with Crippen LogP contribution in [0.3, 0.4) is 0 Å². The third kappa shape index (κ3) is 18.8. The smallest absolute Gasteiger partial charge is 0.0448 e. The summed E-state index contributed by atoms with van der Waals surface area (Å²) in [6, 6.07) is 0. The molecule has 0 radical (unpaired) electrons. The fourth-order valence-electron chi connectivity index (χ4n) is 3.49. The van der Waals surface area contributed by atoms with E-state index in [1.165, 1.54) is 83.5 Å². The minimum Gasteiger partial charge on any atom is -0.396 e. The number of unbranched alkanes of at least 4 members (excludes halogenated alkanes) is 13. The molecular formula is C21H46ClNO2. The van der Waals surface area contributed by atoms with Gasteiger partial charge in [-0.15, -0.1) is 12.4 Å². The van der Waals surface area contributed by atoms with Crippen LogP contribution < -0.4 is 5.73 Å². The molecule has 0 saturated heterocycles. The lowest BCUT2D eigenvalue weighted by Crippen LogP contribution is -2.41. The highest BCUT2D eigenvalue weighted by molar-refractivity contribution is 5.85. The quantitative estimate of drug-likeness (QED) is 0.250. The van der Waals surface area contributed by atoms with Crippen LogP contribution in [0, 0.1) is 0 Å². The van der Waals surface area contributed by atoms with Crippen molar-refractivity contribution in [3.8, 4) is 0 Å². The highest BCUT2D eigenvalue weighted by atomic mass is 35.5. The normalized spacial score (nSPS) is 11.5. The fourth-order valence-corrected chi connectivity index (χ4v) is 3.49. The van der Waals surface area contributed by atoms with Crippen molar-refractivity contribution in [2.45, 2.75) is 122 Å². The SMILES string of the molecule is CCCCCCCCCCCCCCCCC(N)(CCO)CCO.Cl. The molecule has 25 heavy (non-hydrogen) atoms. The molecule has 0 aliphatic heterocycles. The summed E-state index contributed by atoms with van der Waals surface area (Å²) in [5.74, 6) is 0. The molecule has 0 unspecified atom stereocenters. The van der Waals surface area contributed by atoms with Gasteiger partial charge in [0.05, 0.1) is 0 Å². The van der Waals surface area contributed by atoms with Gasteiger partial charge in [0.25, 0.3) is 0 Å². The molecular weight excluding hydrogens is 334 g/mol. The molecule has 0 aromatic carbocycles. The van der Waals surface area contributed by atoms with E-state index in [1.54, 1.807) is 0 Å². The molecule has 0 heterocycles. The van der Waals surface area contributed by atoms with Gasteiger partial charge in [-0.2, -0.15) is 0 Å². The highest BCUT2D eigenvalue weighted by Gasteiger charge is 2.22. The summed E-state index contributed by atoms with van der Waals surface area (Å²) >= 11 is 0. The van der Waals surface area contributed by atoms with Gasteiger partial charge in [0.1, 0.15) is 0 Å². The Morgan fingerprint density at radius 2 is 0.880 bits per heavy atom. The van der Waals surface area contributed by atoms with Crippen molar-refractivity contribution in [3.63, 3.8) is 0 Å². The predicted molar refractivity (Wildman–Crippen MR) is 113 cm³/mol. The second kappa shape index (κ2) is 20.5. The van der Waals surface area contributed by atoms with Crippen molar-refractivity contribution >= 4 is 12.4 Å². The first-order valence-electron chi connectivity index (χ1n) is 10.7. The summed E-state index contributed by atoms with van der Waals surface area (Å²) in [4.78, 5) is 0. The largest absolute Gasteiger partial charge is 0.396 e. The third-order valence-corrected chi connectivity index (χ3v) is 5.25. The highest BCUT2D eigenvalue weighted by Crippen LogP contribution is 2.21. The van der Waals surface area contributed by atoms with Gasteiger partial charge >= 0.3 is 0 Å². The molecule has 0 rings (SSSR count). The molecule has 0 aliphatic rings. The zero-order valence-corrected chi connectivity index (χ0v) is 17.6. The maximum atomic E-state index is 9.08. The Balaban J connectivity index is 0. The Hall–Kier alpha value is 0.170. The van der Waals surface area contributed by atoms with Gasteiger partial charge in [0, 0.05) is 18.8 Å². The van der Waals surface area contributed by atoms with E-state index in [0.717, 1.165) is 12.8 Å². The zero-order valence-electron chi connectivity index (χ0n) is 16.8. The van der Waals surface area contributed by atoms with E-state index >= 15 is 0 Å². The predicted octanol–water partition coefficient (Wildman–Crippen LogP) is 5.74. The first-order valence-corrected chi connectivity index (χ1v) is 10.7. The maximum Gasteiger partial charge on any atom is 0.0448 e. The molecule has 0 amide bonds. The Morgan fingerprint density at radius 1 is 0.560 bits per heavy atom. The van der Waals surface area contributed by atoms with E-state index < -0.39 is 0 Å². The maximum absolute atomic E-state index is 9.08. The zero-order chi connectivity index (χ0) is 17.9. The molecule has 154 valence electrons. The molecule has 0 aromatic rings. The van der Waals surface area contributed by atoms with Crippen molar-refractivity contribution < 1.29 is 10.2 Å². The molecule has 0 saturated carbocycles. The van der Waals surface area contributed by atoms with Gasteiger partial charge in [0.15, 0.2) is 0 Å². The molecule has 4 N–H and O–H groups in total. The van der Waals surface area contributed by atoms with Crippen LogP contribution >= 0.6 is 12.4 Å². The van der Waals surface area contributed by atoms with Crippen LogP contribution in [0.2, 0.25) is 0 Å². The first-order chi connectivity index (χ1) is 11.7. The van der Waals surface area contributed by atoms with E-state index in [9.17, 15) is 0 Å².